The third kappa shape index (κ3) is 2.95. The van der Waals surface area contributed by atoms with Crippen LogP contribution in [0.3, 0.4) is 0 Å². The lowest BCUT2D eigenvalue weighted by Gasteiger charge is -1.84. The fourth-order valence-corrected chi connectivity index (χ4v) is 0.465. The van der Waals surface area contributed by atoms with Gasteiger partial charge in [-0.15, -0.1) is 4.63 Å². The molecule has 0 radical (unpaired) electrons. The number of anilines is 1. The summed E-state index contributed by atoms with van der Waals surface area (Å²) < 4.78 is 3.93. The quantitative estimate of drug-likeness (QED) is 0.348. The zero-order chi connectivity index (χ0) is 11.1. The van der Waals surface area contributed by atoms with Gasteiger partial charge in [-0.1, -0.05) is 0 Å². The molecular formula is C2H5N6O6+. The third-order valence-electron chi connectivity index (χ3n) is 0.846. The van der Waals surface area contributed by atoms with Crippen LogP contribution in [-0.4, -0.2) is 30.7 Å². The Labute approximate surface area is 74.5 Å². The zero-order valence-electron chi connectivity index (χ0n) is 6.39. The van der Waals surface area contributed by atoms with Crippen molar-refractivity contribution >= 4 is 11.6 Å². The monoisotopic (exact) mass is 209 g/mol. The largest absolute Gasteiger partial charge is 0.464 e. The van der Waals surface area contributed by atoms with Gasteiger partial charge >= 0.3 is 16.7 Å². The lowest BCUT2D eigenvalue weighted by atomic mass is 10.7. The Hall–Kier alpha value is -2.34. The molecule has 0 bridgehead atoms. The molecule has 0 aliphatic rings. The molecule has 78 valence electrons. The molecule has 1 aromatic rings. The Morgan fingerprint density at radius 1 is 1.43 bits per heavy atom. The highest BCUT2D eigenvalue weighted by Gasteiger charge is 2.27. The summed E-state index contributed by atoms with van der Waals surface area (Å²) in [5, 5.41) is 29.7. The highest BCUT2D eigenvalue weighted by molar-refractivity contribution is 5.45. The number of hydrogen-bond acceptors (Lipinski definition) is 8. The summed E-state index contributed by atoms with van der Waals surface area (Å²) in [6.45, 7) is 0. The normalized spacial score (nSPS) is 8.43. The standard InChI is InChI=1S/C2H2N5O5.H3NO/c8-6(9)2-1(3-7(10)11)4-12-5-2;1-2/h(H,3,4)(H,10,11);2H,1H2/q+1;. The molecule has 0 aromatic carbocycles. The average molecular weight is 209 g/mol. The maximum absolute atomic E-state index is 10.1. The number of hydrogen-bond donors (Lipinski definition) is 4. The molecule has 0 saturated carbocycles. The first-order valence-electron chi connectivity index (χ1n) is 2.77. The second kappa shape index (κ2) is 5.33. The average Bonchev–Trinajstić information content (AvgIpc) is 2.55. The smallest absolute Gasteiger partial charge is 0.358 e. The summed E-state index contributed by atoms with van der Waals surface area (Å²) >= 11 is 0. The van der Waals surface area contributed by atoms with E-state index in [9.17, 15) is 15.0 Å². The number of nitrogens with one attached hydrogen (secondary N) is 1. The second-order valence-electron chi connectivity index (χ2n) is 1.58. The van der Waals surface area contributed by atoms with E-state index in [1.165, 1.54) is 0 Å². The molecule has 14 heavy (non-hydrogen) atoms. The zero-order valence-corrected chi connectivity index (χ0v) is 6.39. The number of rotatable bonds is 3. The van der Waals surface area contributed by atoms with Crippen molar-refractivity contribution in [2.75, 3.05) is 5.43 Å². The SMILES string of the molecule is NO.O=[N+](O)Nc1nonc1[N+](=O)[O-]. The van der Waals surface area contributed by atoms with E-state index in [2.05, 4.69) is 20.8 Å². The van der Waals surface area contributed by atoms with Crippen LogP contribution in [0.2, 0.25) is 0 Å². The van der Waals surface area contributed by atoms with Gasteiger partial charge in [0, 0.05) is 5.16 Å². The van der Waals surface area contributed by atoms with E-state index in [0.29, 0.717) is 0 Å². The van der Waals surface area contributed by atoms with Crippen molar-refractivity contribution in [3.63, 3.8) is 0 Å². The Bertz CT molecular complexity index is 320. The molecule has 0 unspecified atom stereocenters. The minimum atomic E-state index is -0.928. The second-order valence-corrected chi connectivity index (χ2v) is 1.58. The third-order valence-corrected chi connectivity index (χ3v) is 0.846. The predicted octanol–water partition coefficient (Wildman–Crippen LogP) is -1.19. The minimum absolute atomic E-state index is 0.572. The molecule has 1 aromatic heterocycles. The van der Waals surface area contributed by atoms with Crippen molar-refractivity contribution in [2.45, 2.75) is 0 Å². The van der Waals surface area contributed by atoms with Crippen LogP contribution in [0.4, 0.5) is 11.6 Å². The Balaban J connectivity index is 0.000000791. The van der Waals surface area contributed by atoms with Gasteiger partial charge in [0.25, 0.3) is 0 Å². The van der Waals surface area contributed by atoms with Gasteiger partial charge < -0.3 is 15.3 Å². The maximum atomic E-state index is 10.1. The van der Waals surface area contributed by atoms with Gasteiger partial charge in [0.15, 0.2) is 5.16 Å². The first kappa shape index (κ1) is 11.7. The summed E-state index contributed by atoms with van der Waals surface area (Å²) in [5.74, 6) is 2.14. The van der Waals surface area contributed by atoms with Crippen molar-refractivity contribution in [3.8, 4) is 0 Å². The first-order valence-corrected chi connectivity index (χ1v) is 2.77. The van der Waals surface area contributed by atoms with Gasteiger partial charge in [0.2, 0.25) is 0 Å². The molecule has 0 amide bonds. The minimum Gasteiger partial charge on any atom is -0.358 e. The summed E-state index contributed by atoms with van der Waals surface area (Å²) in [6.07, 6.45) is 0. The van der Waals surface area contributed by atoms with Crippen LogP contribution >= 0.6 is 0 Å². The fraction of sp³-hybridized carbons (Fsp3) is 0. The molecule has 0 aliphatic carbocycles. The molecule has 0 saturated heterocycles. The van der Waals surface area contributed by atoms with E-state index in [4.69, 9.17) is 10.4 Å². The lowest BCUT2D eigenvalue weighted by molar-refractivity contribution is -0.770. The van der Waals surface area contributed by atoms with Gasteiger partial charge in [-0.2, -0.15) is 0 Å². The van der Waals surface area contributed by atoms with Gasteiger partial charge in [-0.3, -0.25) is 0 Å². The van der Waals surface area contributed by atoms with Crippen molar-refractivity contribution in [2.24, 2.45) is 5.90 Å². The molecule has 12 heteroatoms. The van der Waals surface area contributed by atoms with Crippen molar-refractivity contribution in [3.05, 3.63) is 15.0 Å². The van der Waals surface area contributed by atoms with Crippen LogP contribution in [0.1, 0.15) is 0 Å². The van der Waals surface area contributed by atoms with E-state index < -0.39 is 21.6 Å². The van der Waals surface area contributed by atoms with Crippen LogP contribution in [-0.2, 0) is 0 Å². The fourth-order valence-electron chi connectivity index (χ4n) is 0.465. The van der Waals surface area contributed by atoms with E-state index in [1.807, 2.05) is 0 Å². The van der Waals surface area contributed by atoms with Crippen molar-refractivity contribution < 1.29 is 25.0 Å². The summed E-state index contributed by atoms with van der Waals surface area (Å²) in [6, 6.07) is 0. The van der Waals surface area contributed by atoms with Crippen LogP contribution < -0.4 is 11.3 Å². The first-order chi connectivity index (χ1) is 6.61. The highest BCUT2D eigenvalue weighted by atomic mass is 16.7. The van der Waals surface area contributed by atoms with Crippen LogP contribution in [0.15, 0.2) is 4.63 Å². The van der Waals surface area contributed by atoms with Gasteiger partial charge in [0.05, 0.1) is 0 Å². The maximum Gasteiger partial charge on any atom is 0.464 e. The summed E-state index contributed by atoms with van der Waals surface area (Å²) in [7, 11) is 0. The topological polar surface area (TPSA) is 181 Å². The number of hydrazine groups is 1. The number of nitrogens with zero attached hydrogens (tertiary/aromatic N) is 4. The molecule has 0 fully saturated rings. The summed E-state index contributed by atoms with van der Waals surface area (Å²) in [4.78, 5) is 19.1. The Kier molecular flexibility index (Phi) is 4.44. The van der Waals surface area contributed by atoms with Gasteiger partial charge in [0.1, 0.15) is 4.91 Å². The van der Waals surface area contributed by atoms with Crippen LogP contribution in [0, 0.1) is 15.0 Å². The predicted molar refractivity (Wildman–Crippen MR) is 36.0 cm³/mol. The molecule has 0 aliphatic heterocycles. The van der Waals surface area contributed by atoms with Gasteiger partial charge in [-0.25, -0.2) is 11.1 Å². The van der Waals surface area contributed by atoms with E-state index in [0.717, 1.165) is 0 Å². The molecule has 0 atom stereocenters. The van der Waals surface area contributed by atoms with Gasteiger partial charge in [-0.05, 0) is 10.3 Å². The van der Waals surface area contributed by atoms with E-state index >= 15 is 0 Å². The van der Waals surface area contributed by atoms with Crippen LogP contribution in [0.25, 0.3) is 0 Å². The Morgan fingerprint density at radius 2 is 2.00 bits per heavy atom. The highest BCUT2D eigenvalue weighted by Crippen LogP contribution is 2.16. The van der Waals surface area contributed by atoms with E-state index in [1.54, 1.807) is 5.43 Å². The number of aromatic nitrogens is 2. The van der Waals surface area contributed by atoms with Crippen molar-refractivity contribution in [1.82, 2.24) is 10.3 Å². The molecule has 1 heterocycles. The molecule has 12 nitrogen and oxygen atoms in total. The van der Waals surface area contributed by atoms with Crippen LogP contribution in [0.5, 0.6) is 0 Å². The number of nitrogens with two attached hydrogens (primary N) is 1. The van der Waals surface area contributed by atoms with Crippen molar-refractivity contribution in [1.29, 1.82) is 0 Å². The number of nitro groups is 1. The Morgan fingerprint density at radius 3 is 2.43 bits per heavy atom. The molecule has 5 N–H and O–H groups in total. The molecule has 0 spiro atoms. The lowest BCUT2D eigenvalue weighted by Crippen LogP contribution is -2.12. The molecular weight excluding hydrogens is 204 g/mol. The summed E-state index contributed by atoms with van der Waals surface area (Å²) in [5.41, 5.74) is 1.56. The van der Waals surface area contributed by atoms with E-state index in [-0.39, 0.29) is 0 Å². The molecule has 1 rings (SSSR count).